The molecular formula is C13H13BrN2O3. The van der Waals surface area contributed by atoms with Crippen molar-refractivity contribution in [2.45, 2.75) is 26.4 Å². The van der Waals surface area contributed by atoms with Gasteiger partial charge < -0.3 is 4.74 Å². The Hall–Kier alpha value is -1.69. The van der Waals surface area contributed by atoms with Crippen LogP contribution in [-0.4, -0.2) is 27.5 Å². The van der Waals surface area contributed by atoms with Crippen molar-refractivity contribution in [2.24, 2.45) is 0 Å². The van der Waals surface area contributed by atoms with Crippen molar-refractivity contribution in [3.63, 3.8) is 0 Å². The van der Waals surface area contributed by atoms with Crippen LogP contribution in [0, 0.1) is 0 Å². The molecule has 0 amide bonds. The molecule has 0 bridgehead atoms. The molecule has 0 aliphatic carbocycles. The molecule has 0 unspecified atom stereocenters. The van der Waals surface area contributed by atoms with Gasteiger partial charge in [0.1, 0.15) is 11.2 Å². The fraction of sp³-hybridized carbons (Fsp3) is 0.308. The highest BCUT2D eigenvalue weighted by atomic mass is 79.9. The molecule has 0 spiro atoms. The Bertz CT molecular complexity index is 656. The molecule has 0 radical (unpaired) electrons. The van der Waals surface area contributed by atoms with E-state index in [-0.39, 0.29) is 0 Å². The van der Waals surface area contributed by atoms with Crippen LogP contribution in [0.1, 0.15) is 31.1 Å². The fourth-order valence-electron chi connectivity index (χ4n) is 1.65. The first-order valence-electron chi connectivity index (χ1n) is 5.67. The van der Waals surface area contributed by atoms with Gasteiger partial charge >= 0.3 is 6.09 Å². The van der Waals surface area contributed by atoms with Crippen molar-refractivity contribution in [3.05, 3.63) is 28.5 Å². The van der Waals surface area contributed by atoms with Gasteiger partial charge in [-0.15, -0.1) is 0 Å². The van der Waals surface area contributed by atoms with Crippen molar-refractivity contribution in [2.75, 3.05) is 0 Å². The van der Waals surface area contributed by atoms with Crippen molar-refractivity contribution in [1.29, 1.82) is 0 Å². The summed E-state index contributed by atoms with van der Waals surface area (Å²) in [6.45, 7) is 5.34. The van der Waals surface area contributed by atoms with Crippen LogP contribution in [0.2, 0.25) is 0 Å². The maximum absolute atomic E-state index is 12.1. The fourth-order valence-corrected chi connectivity index (χ4v) is 1.98. The molecule has 0 aliphatic heterocycles. The Morgan fingerprint density at radius 2 is 2.16 bits per heavy atom. The predicted octanol–water partition coefficient (Wildman–Crippen LogP) is 3.39. The Morgan fingerprint density at radius 1 is 1.47 bits per heavy atom. The molecule has 0 N–H and O–H groups in total. The molecule has 0 aromatic carbocycles. The first-order valence-corrected chi connectivity index (χ1v) is 6.46. The van der Waals surface area contributed by atoms with Gasteiger partial charge in [0.2, 0.25) is 0 Å². The average molecular weight is 325 g/mol. The summed E-state index contributed by atoms with van der Waals surface area (Å²) in [4.78, 5) is 27.3. The summed E-state index contributed by atoms with van der Waals surface area (Å²) < 4.78 is 7.26. The van der Waals surface area contributed by atoms with E-state index in [4.69, 9.17) is 4.74 Å². The summed E-state index contributed by atoms with van der Waals surface area (Å²) in [5.41, 5.74) is 0.193. The van der Waals surface area contributed by atoms with E-state index in [0.717, 1.165) is 4.47 Å². The number of aromatic nitrogens is 2. The number of carbonyl (C=O) groups excluding carboxylic acids is 2. The Balaban J connectivity index is 2.55. The summed E-state index contributed by atoms with van der Waals surface area (Å²) >= 11 is 3.29. The quantitative estimate of drug-likeness (QED) is 0.754. The van der Waals surface area contributed by atoms with Crippen molar-refractivity contribution >= 4 is 39.3 Å². The van der Waals surface area contributed by atoms with E-state index < -0.39 is 11.7 Å². The van der Waals surface area contributed by atoms with E-state index in [1.165, 1.54) is 10.8 Å². The van der Waals surface area contributed by atoms with Crippen molar-refractivity contribution < 1.29 is 14.3 Å². The number of fused-ring (bicyclic) bond motifs is 1. The Labute approximate surface area is 118 Å². The second-order valence-electron chi connectivity index (χ2n) is 5.08. The van der Waals surface area contributed by atoms with Gasteiger partial charge in [0, 0.05) is 27.8 Å². The lowest BCUT2D eigenvalue weighted by Crippen LogP contribution is -2.26. The minimum Gasteiger partial charge on any atom is -0.443 e. The van der Waals surface area contributed by atoms with E-state index in [1.54, 1.807) is 33.0 Å². The lowest BCUT2D eigenvalue weighted by Gasteiger charge is -2.19. The molecule has 6 heteroatoms. The minimum absolute atomic E-state index is 0.398. The van der Waals surface area contributed by atoms with E-state index in [9.17, 15) is 9.59 Å². The number of pyridine rings is 1. The number of ether oxygens (including phenoxy) is 1. The predicted molar refractivity (Wildman–Crippen MR) is 74.5 cm³/mol. The van der Waals surface area contributed by atoms with E-state index in [1.807, 2.05) is 0 Å². The zero-order chi connectivity index (χ0) is 14.2. The molecule has 2 aromatic rings. The van der Waals surface area contributed by atoms with Crippen LogP contribution < -0.4 is 0 Å². The highest BCUT2D eigenvalue weighted by molar-refractivity contribution is 9.10. The molecule has 19 heavy (non-hydrogen) atoms. The molecule has 0 saturated heterocycles. The molecule has 0 aliphatic rings. The second kappa shape index (κ2) is 4.77. The van der Waals surface area contributed by atoms with Gasteiger partial charge in [-0.1, -0.05) is 0 Å². The number of aldehydes is 1. The first kappa shape index (κ1) is 13.7. The maximum atomic E-state index is 12.1. The third kappa shape index (κ3) is 2.84. The van der Waals surface area contributed by atoms with Crippen LogP contribution in [0.3, 0.4) is 0 Å². The number of hydrogen-bond acceptors (Lipinski definition) is 4. The molecule has 2 aromatic heterocycles. The van der Waals surface area contributed by atoms with Crippen molar-refractivity contribution in [1.82, 2.24) is 9.55 Å². The van der Waals surface area contributed by atoms with Gasteiger partial charge in [-0.25, -0.2) is 14.3 Å². The first-order chi connectivity index (χ1) is 8.81. The SMILES string of the molecule is CC(C)(C)OC(=O)n1cc(C=O)c2cc(Br)cnc21. The molecule has 0 atom stereocenters. The summed E-state index contributed by atoms with van der Waals surface area (Å²) in [5, 5.41) is 0.607. The lowest BCUT2D eigenvalue weighted by molar-refractivity contribution is 0.0543. The highest BCUT2D eigenvalue weighted by Crippen LogP contribution is 2.23. The zero-order valence-electron chi connectivity index (χ0n) is 10.8. The maximum Gasteiger partial charge on any atom is 0.420 e. The Morgan fingerprint density at radius 3 is 2.74 bits per heavy atom. The molecular weight excluding hydrogens is 312 g/mol. The van der Waals surface area contributed by atoms with E-state index in [0.29, 0.717) is 22.9 Å². The van der Waals surface area contributed by atoms with Crippen LogP contribution in [-0.2, 0) is 4.74 Å². The smallest absolute Gasteiger partial charge is 0.420 e. The monoisotopic (exact) mass is 324 g/mol. The number of nitrogens with zero attached hydrogens (tertiary/aromatic N) is 2. The van der Waals surface area contributed by atoms with Gasteiger partial charge in [-0.2, -0.15) is 0 Å². The van der Waals surface area contributed by atoms with E-state index in [2.05, 4.69) is 20.9 Å². The molecule has 2 heterocycles. The van der Waals surface area contributed by atoms with Crippen LogP contribution in [0.5, 0.6) is 0 Å². The van der Waals surface area contributed by atoms with Crippen LogP contribution in [0.4, 0.5) is 4.79 Å². The largest absolute Gasteiger partial charge is 0.443 e. The van der Waals surface area contributed by atoms with Crippen molar-refractivity contribution in [3.8, 4) is 0 Å². The summed E-state index contributed by atoms with van der Waals surface area (Å²) in [7, 11) is 0. The third-order valence-corrected chi connectivity index (χ3v) is 2.79. The average Bonchev–Trinajstić information content (AvgIpc) is 2.64. The molecule has 5 nitrogen and oxygen atoms in total. The zero-order valence-corrected chi connectivity index (χ0v) is 12.4. The van der Waals surface area contributed by atoms with Gasteiger partial charge in [0.25, 0.3) is 0 Å². The summed E-state index contributed by atoms with van der Waals surface area (Å²) in [6.07, 6.45) is 3.14. The van der Waals surface area contributed by atoms with Gasteiger partial charge in [-0.3, -0.25) is 4.79 Å². The standard InChI is InChI=1S/C13H13BrN2O3/c1-13(2,3)19-12(18)16-6-8(7-17)10-4-9(14)5-15-11(10)16/h4-7H,1-3H3. The summed E-state index contributed by atoms with van der Waals surface area (Å²) in [6, 6.07) is 1.74. The molecule has 100 valence electrons. The molecule has 0 saturated carbocycles. The lowest BCUT2D eigenvalue weighted by atomic mass is 10.2. The van der Waals surface area contributed by atoms with Gasteiger partial charge in [0.15, 0.2) is 6.29 Å². The van der Waals surface area contributed by atoms with Gasteiger partial charge in [-0.05, 0) is 42.8 Å². The second-order valence-corrected chi connectivity index (χ2v) is 5.99. The van der Waals surface area contributed by atoms with Gasteiger partial charge in [0.05, 0.1) is 0 Å². The number of hydrogen-bond donors (Lipinski definition) is 0. The summed E-state index contributed by atoms with van der Waals surface area (Å²) in [5.74, 6) is 0. The third-order valence-electron chi connectivity index (χ3n) is 2.36. The molecule has 0 fully saturated rings. The Kier molecular flexibility index (Phi) is 3.45. The normalized spacial score (nSPS) is 11.6. The number of carbonyl (C=O) groups is 2. The topological polar surface area (TPSA) is 61.2 Å². The van der Waals surface area contributed by atoms with Crippen LogP contribution in [0.25, 0.3) is 11.0 Å². The minimum atomic E-state index is -0.607. The highest BCUT2D eigenvalue weighted by Gasteiger charge is 2.21. The number of rotatable bonds is 1. The molecule has 2 rings (SSSR count). The van der Waals surface area contributed by atoms with Crippen LogP contribution in [0.15, 0.2) is 22.9 Å². The number of halogens is 1. The van der Waals surface area contributed by atoms with Crippen LogP contribution >= 0.6 is 15.9 Å². The van der Waals surface area contributed by atoms with E-state index >= 15 is 0 Å².